The number of fused-ring (bicyclic) bond motifs is 1. The molecule has 2 aromatic heterocycles. The first-order chi connectivity index (χ1) is 15.5. The van der Waals surface area contributed by atoms with Gasteiger partial charge in [-0.1, -0.05) is 42.1 Å². The van der Waals surface area contributed by atoms with Crippen LogP contribution in [0.3, 0.4) is 0 Å². The quantitative estimate of drug-likeness (QED) is 0.223. The van der Waals surface area contributed by atoms with Crippen LogP contribution in [-0.2, 0) is 12.3 Å². The zero-order valence-electron chi connectivity index (χ0n) is 18.1. The molecule has 0 saturated heterocycles. The Labute approximate surface area is 190 Å². The number of thioether (sulfide) groups is 1. The van der Waals surface area contributed by atoms with Crippen LogP contribution < -0.4 is 0 Å². The second-order valence-electron chi connectivity index (χ2n) is 7.36. The highest BCUT2D eigenvalue weighted by molar-refractivity contribution is 7.98. The van der Waals surface area contributed by atoms with Crippen molar-refractivity contribution in [3.05, 3.63) is 77.1 Å². The Bertz CT molecular complexity index is 1290. The average Bonchev–Trinajstić information content (AvgIpc) is 3.06. The van der Waals surface area contributed by atoms with E-state index < -0.39 is 5.91 Å². The normalized spacial score (nSPS) is 11.5. The predicted molar refractivity (Wildman–Crippen MR) is 126 cm³/mol. The molecule has 0 fully saturated rings. The fourth-order valence-electron chi connectivity index (χ4n) is 3.49. The van der Waals surface area contributed by atoms with E-state index in [1.807, 2.05) is 63.2 Å². The van der Waals surface area contributed by atoms with Crippen molar-refractivity contribution in [3.63, 3.8) is 0 Å². The van der Waals surface area contributed by atoms with Crippen molar-refractivity contribution in [1.29, 1.82) is 0 Å². The minimum Gasteiger partial charge on any atom is -0.493 e. The van der Waals surface area contributed by atoms with Gasteiger partial charge in [-0.05, 0) is 50.6 Å². The van der Waals surface area contributed by atoms with E-state index in [1.54, 1.807) is 28.5 Å². The number of para-hydroxylation sites is 1. The molecule has 0 saturated carbocycles. The van der Waals surface area contributed by atoms with Gasteiger partial charge in [0.05, 0.1) is 5.52 Å². The van der Waals surface area contributed by atoms with Crippen LogP contribution in [0.5, 0.6) is 5.88 Å². The maximum Gasteiger partial charge on any atom is 0.295 e. The van der Waals surface area contributed by atoms with Gasteiger partial charge in [0.15, 0.2) is 10.8 Å². The molecule has 2 heterocycles. The molecule has 4 aromatic rings. The van der Waals surface area contributed by atoms with Gasteiger partial charge in [-0.15, -0.1) is 10.2 Å². The fraction of sp³-hybridized carbons (Fsp3) is 0.208. The number of rotatable bonds is 6. The van der Waals surface area contributed by atoms with Crippen LogP contribution in [-0.4, -0.2) is 25.5 Å². The molecule has 1 N–H and O–H groups in total. The topological polar surface area (TPSA) is 92.7 Å². The Morgan fingerprint density at radius 2 is 1.75 bits per heavy atom. The first-order valence-electron chi connectivity index (χ1n) is 10.3. The standard InChI is InChI=1S/C24H23N5O2S/c1-4-29-20-8-6-5-7-19(20)21(23(29)31)27-28-22(30)18-11-9-17(10-12-18)14-32-24-25-15(2)13-16(3)26-24/h5-13,31H,4,14H2,1-3H3. The number of carbonyl (C=O) groups excluding carboxylic acids is 1. The van der Waals surface area contributed by atoms with Crippen LogP contribution in [0, 0.1) is 13.8 Å². The number of nitrogens with zero attached hydrogens (tertiary/aromatic N) is 5. The monoisotopic (exact) mass is 445 g/mol. The Hall–Kier alpha value is -3.52. The molecule has 0 radical (unpaired) electrons. The third-order valence-electron chi connectivity index (χ3n) is 5.01. The molecule has 0 bridgehead atoms. The first-order valence-corrected chi connectivity index (χ1v) is 11.2. The minimum atomic E-state index is -0.463. The molecule has 4 rings (SSSR count). The van der Waals surface area contributed by atoms with Gasteiger partial charge >= 0.3 is 0 Å². The highest BCUT2D eigenvalue weighted by Crippen LogP contribution is 2.38. The maximum absolute atomic E-state index is 12.5. The van der Waals surface area contributed by atoms with Crippen LogP contribution in [0.1, 0.15) is 34.2 Å². The lowest BCUT2D eigenvalue weighted by Gasteiger charge is -2.04. The summed E-state index contributed by atoms with van der Waals surface area (Å²) in [7, 11) is 0. The molecule has 0 aliphatic rings. The molecule has 8 heteroatoms. The van der Waals surface area contributed by atoms with E-state index in [4.69, 9.17) is 0 Å². The van der Waals surface area contributed by atoms with Gasteiger partial charge in [0, 0.05) is 34.6 Å². The summed E-state index contributed by atoms with van der Waals surface area (Å²) in [5.74, 6) is 0.240. The SMILES string of the molecule is CCn1c(O)c(N=NC(=O)c2ccc(CSc3nc(C)cc(C)n3)cc2)c2ccccc21. The number of aromatic nitrogens is 3. The number of aryl methyl sites for hydroxylation is 3. The number of hydrogen-bond acceptors (Lipinski definition) is 6. The zero-order valence-corrected chi connectivity index (χ0v) is 18.9. The highest BCUT2D eigenvalue weighted by Gasteiger charge is 2.15. The lowest BCUT2D eigenvalue weighted by molar-refractivity contribution is 0.0995. The van der Waals surface area contributed by atoms with Gasteiger partial charge in [-0.25, -0.2) is 9.97 Å². The summed E-state index contributed by atoms with van der Waals surface area (Å²) in [6.45, 7) is 6.42. The number of amides is 1. The van der Waals surface area contributed by atoms with Crippen LogP contribution >= 0.6 is 11.8 Å². The van der Waals surface area contributed by atoms with Gasteiger partial charge in [0.2, 0.25) is 5.88 Å². The average molecular weight is 446 g/mol. The van der Waals surface area contributed by atoms with E-state index in [-0.39, 0.29) is 5.88 Å². The molecule has 32 heavy (non-hydrogen) atoms. The number of carbonyl (C=O) groups is 1. The Morgan fingerprint density at radius 1 is 1.06 bits per heavy atom. The van der Waals surface area contributed by atoms with Gasteiger partial charge in [-0.2, -0.15) is 0 Å². The first kappa shape index (κ1) is 21.7. The molecule has 2 aromatic carbocycles. The van der Waals surface area contributed by atoms with E-state index in [9.17, 15) is 9.90 Å². The highest BCUT2D eigenvalue weighted by atomic mass is 32.2. The summed E-state index contributed by atoms with van der Waals surface area (Å²) >= 11 is 1.55. The van der Waals surface area contributed by atoms with Crippen LogP contribution in [0.4, 0.5) is 5.69 Å². The van der Waals surface area contributed by atoms with Crippen molar-refractivity contribution in [3.8, 4) is 5.88 Å². The van der Waals surface area contributed by atoms with Crippen LogP contribution in [0.2, 0.25) is 0 Å². The minimum absolute atomic E-state index is 0.00577. The fourth-order valence-corrected chi connectivity index (χ4v) is 4.40. The van der Waals surface area contributed by atoms with Gasteiger partial charge < -0.3 is 9.67 Å². The van der Waals surface area contributed by atoms with Crippen molar-refractivity contribution < 1.29 is 9.90 Å². The Balaban J connectivity index is 1.47. The van der Waals surface area contributed by atoms with Gasteiger partial charge in [-0.3, -0.25) is 4.79 Å². The number of hydrogen-bond donors (Lipinski definition) is 1. The zero-order chi connectivity index (χ0) is 22.7. The Kier molecular flexibility index (Phi) is 6.32. The second-order valence-corrected chi connectivity index (χ2v) is 8.30. The molecule has 1 amide bonds. The lowest BCUT2D eigenvalue weighted by Crippen LogP contribution is -1.95. The molecular formula is C24H23N5O2S. The maximum atomic E-state index is 12.5. The summed E-state index contributed by atoms with van der Waals surface area (Å²) < 4.78 is 1.74. The van der Waals surface area contributed by atoms with E-state index in [1.165, 1.54) is 0 Å². The van der Waals surface area contributed by atoms with Crippen molar-refractivity contribution in [1.82, 2.24) is 14.5 Å². The van der Waals surface area contributed by atoms with Crippen molar-refractivity contribution >= 4 is 34.3 Å². The smallest absolute Gasteiger partial charge is 0.295 e. The van der Waals surface area contributed by atoms with Crippen LogP contribution in [0.15, 0.2) is 70.0 Å². The van der Waals surface area contributed by atoms with Crippen molar-refractivity contribution in [2.75, 3.05) is 0 Å². The molecule has 0 spiro atoms. The van der Waals surface area contributed by atoms with E-state index in [0.717, 1.165) is 33.0 Å². The molecule has 0 atom stereocenters. The number of azo groups is 1. The number of aromatic hydroxyl groups is 1. The molecular weight excluding hydrogens is 422 g/mol. The largest absolute Gasteiger partial charge is 0.493 e. The van der Waals surface area contributed by atoms with E-state index >= 15 is 0 Å². The van der Waals surface area contributed by atoms with Crippen LogP contribution in [0.25, 0.3) is 10.9 Å². The van der Waals surface area contributed by atoms with Crippen molar-refractivity contribution in [2.24, 2.45) is 10.2 Å². The van der Waals surface area contributed by atoms with E-state index in [0.29, 0.717) is 23.5 Å². The number of benzene rings is 2. The molecule has 0 aliphatic heterocycles. The molecule has 0 unspecified atom stereocenters. The van der Waals surface area contributed by atoms with Gasteiger partial charge in [0.1, 0.15) is 0 Å². The summed E-state index contributed by atoms with van der Waals surface area (Å²) in [4.78, 5) is 21.4. The predicted octanol–water partition coefficient (Wildman–Crippen LogP) is 5.99. The lowest BCUT2D eigenvalue weighted by atomic mass is 10.1. The third-order valence-corrected chi connectivity index (χ3v) is 5.92. The molecule has 7 nitrogen and oxygen atoms in total. The summed E-state index contributed by atoms with van der Waals surface area (Å²) in [6, 6.07) is 16.7. The summed E-state index contributed by atoms with van der Waals surface area (Å²) in [6.07, 6.45) is 0. The third kappa shape index (κ3) is 4.55. The van der Waals surface area contributed by atoms with Crippen molar-refractivity contribution in [2.45, 2.75) is 38.2 Å². The molecule has 0 aliphatic carbocycles. The molecule has 162 valence electrons. The van der Waals surface area contributed by atoms with Gasteiger partial charge in [0.25, 0.3) is 5.91 Å². The Morgan fingerprint density at radius 3 is 2.44 bits per heavy atom. The second kappa shape index (κ2) is 9.32. The van der Waals surface area contributed by atoms with E-state index in [2.05, 4.69) is 20.2 Å². The summed E-state index contributed by atoms with van der Waals surface area (Å²) in [5.41, 5.74) is 4.53. The summed E-state index contributed by atoms with van der Waals surface area (Å²) in [5, 5.41) is 19.9.